The Hall–Kier alpha value is -3.47. The Morgan fingerprint density at radius 3 is 2.86 bits per heavy atom. The van der Waals surface area contributed by atoms with Crippen LogP contribution in [0, 0.1) is 24.0 Å². The molecule has 0 aliphatic carbocycles. The molecule has 2 heterocycles. The molecule has 1 unspecified atom stereocenters. The van der Waals surface area contributed by atoms with Gasteiger partial charge in [0.15, 0.2) is 10.9 Å². The number of furan rings is 1. The topological polar surface area (TPSA) is 139 Å². The molecular weight excluding hydrogens is 398 g/mol. The number of nitro groups is 1. The van der Waals surface area contributed by atoms with Crippen LogP contribution in [0.15, 0.2) is 45.0 Å². The minimum atomic E-state index is -0.663. The van der Waals surface area contributed by atoms with E-state index in [0.29, 0.717) is 5.69 Å². The molecule has 1 aliphatic heterocycles. The fourth-order valence-corrected chi connectivity index (χ4v) is 3.48. The van der Waals surface area contributed by atoms with Crippen molar-refractivity contribution in [3.63, 3.8) is 0 Å². The molecule has 1 fully saturated rings. The lowest BCUT2D eigenvalue weighted by molar-refractivity contribution is -0.402. The van der Waals surface area contributed by atoms with E-state index < -0.39 is 16.1 Å². The number of nitrogens with zero attached hydrogens (tertiary/aromatic N) is 3. The van der Waals surface area contributed by atoms with Gasteiger partial charge in [0.05, 0.1) is 12.3 Å². The molecule has 1 aromatic carbocycles. The fraction of sp³-hybridized carbons (Fsp3) is 0.222. The summed E-state index contributed by atoms with van der Waals surface area (Å²) in [6.45, 7) is 3.87. The van der Waals surface area contributed by atoms with Crippen molar-refractivity contribution in [1.29, 1.82) is 0 Å². The molecular formula is C18H17N5O5S. The van der Waals surface area contributed by atoms with Gasteiger partial charge in [0.1, 0.15) is 10.2 Å². The van der Waals surface area contributed by atoms with Crippen molar-refractivity contribution in [3.8, 4) is 0 Å². The molecule has 0 saturated carbocycles. The maximum atomic E-state index is 12.3. The first kappa shape index (κ1) is 20.3. The molecule has 2 N–H and O–H groups in total. The third kappa shape index (κ3) is 5.29. The van der Waals surface area contributed by atoms with Crippen molar-refractivity contribution in [2.75, 3.05) is 5.32 Å². The molecule has 2 aromatic rings. The van der Waals surface area contributed by atoms with E-state index in [0.717, 1.165) is 22.9 Å². The van der Waals surface area contributed by atoms with Gasteiger partial charge in [0, 0.05) is 12.1 Å². The molecule has 1 atom stereocenters. The molecule has 1 aliphatic rings. The van der Waals surface area contributed by atoms with E-state index in [-0.39, 0.29) is 29.2 Å². The summed E-state index contributed by atoms with van der Waals surface area (Å²) in [5.74, 6) is -0.872. The van der Waals surface area contributed by atoms with Crippen LogP contribution in [-0.2, 0) is 9.59 Å². The number of carbonyl (C=O) groups is 2. The van der Waals surface area contributed by atoms with E-state index in [4.69, 9.17) is 4.42 Å². The Kier molecular flexibility index (Phi) is 6.07. The second-order valence-corrected chi connectivity index (χ2v) is 7.44. The monoisotopic (exact) mass is 415 g/mol. The predicted octanol–water partition coefficient (Wildman–Crippen LogP) is 2.75. The van der Waals surface area contributed by atoms with Gasteiger partial charge in [-0.05, 0) is 31.5 Å². The third-order valence-corrected chi connectivity index (χ3v) is 5.00. The molecule has 2 amide bonds. The van der Waals surface area contributed by atoms with E-state index in [1.54, 1.807) is 0 Å². The Bertz CT molecular complexity index is 1030. The number of hydrogen-bond donors (Lipinski definition) is 2. The maximum Gasteiger partial charge on any atom is 0.433 e. The number of amidine groups is 1. The van der Waals surface area contributed by atoms with Gasteiger partial charge in [-0.2, -0.15) is 5.10 Å². The summed E-state index contributed by atoms with van der Waals surface area (Å²) in [7, 11) is 0. The number of nitrogens with one attached hydrogen (secondary N) is 2. The van der Waals surface area contributed by atoms with Crippen LogP contribution in [0.1, 0.15) is 23.3 Å². The zero-order chi connectivity index (χ0) is 21.0. The van der Waals surface area contributed by atoms with Crippen molar-refractivity contribution in [1.82, 2.24) is 5.32 Å². The lowest BCUT2D eigenvalue weighted by Gasteiger charge is -2.10. The summed E-state index contributed by atoms with van der Waals surface area (Å²) in [6.07, 6.45) is 1.17. The molecule has 29 heavy (non-hydrogen) atoms. The molecule has 150 valence electrons. The van der Waals surface area contributed by atoms with Crippen LogP contribution in [0.3, 0.4) is 0 Å². The highest BCUT2D eigenvalue weighted by molar-refractivity contribution is 8.15. The van der Waals surface area contributed by atoms with Crippen LogP contribution in [0.2, 0.25) is 0 Å². The zero-order valence-electron chi connectivity index (χ0n) is 15.5. The van der Waals surface area contributed by atoms with Gasteiger partial charge < -0.3 is 15.1 Å². The summed E-state index contributed by atoms with van der Waals surface area (Å²) >= 11 is 1.09. The molecule has 1 aromatic heterocycles. The van der Waals surface area contributed by atoms with Crippen LogP contribution in [0.4, 0.5) is 11.6 Å². The number of rotatable bonds is 6. The van der Waals surface area contributed by atoms with Gasteiger partial charge in [-0.3, -0.25) is 19.7 Å². The third-order valence-electron chi connectivity index (χ3n) is 3.93. The molecule has 3 rings (SSSR count). The number of amides is 2. The predicted molar refractivity (Wildman–Crippen MR) is 109 cm³/mol. The van der Waals surface area contributed by atoms with Crippen molar-refractivity contribution in [2.45, 2.75) is 25.5 Å². The van der Waals surface area contributed by atoms with E-state index in [9.17, 15) is 19.7 Å². The molecule has 0 radical (unpaired) electrons. The zero-order valence-corrected chi connectivity index (χ0v) is 16.4. The number of hydrogen-bond acceptors (Lipinski definition) is 8. The Balaban J connectivity index is 1.56. The van der Waals surface area contributed by atoms with Crippen LogP contribution in [0.5, 0.6) is 0 Å². The molecule has 10 nitrogen and oxygen atoms in total. The van der Waals surface area contributed by atoms with Crippen molar-refractivity contribution in [3.05, 3.63) is 57.3 Å². The van der Waals surface area contributed by atoms with Crippen LogP contribution < -0.4 is 10.6 Å². The standard InChI is InChI=1S/C18H17N5O5S/c1-10-3-5-13(11(2)7-10)20-15(24)8-14-17(25)21-18(29-14)22-19-9-12-4-6-16(28-12)23(26)27/h3-7,9,14H,8H2,1-2H3,(H,20,24)(H,21,22,25)/b19-9-. The molecule has 0 bridgehead atoms. The van der Waals surface area contributed by atoms with E-state index in [1.807, 2.05) is 32.0 Å². The second kappa shape index (κ2) is 8.69. The minimum absolute atomic E-state index is 0.0169. The first-order valence-corrected chi connectivity index (χ1v) is 9.39. The largest absolute Gasteiger partial charge is 0.433 e. The lowest BCUT2D eigenvalue weighted by Crippen LogP contribution is -2.28. The highest BCUT2D eigenvalue weighted by atomic mass is 32.2. The quantitative estimate of drug-likeness (QED) is 0.422. The minimum Gasteiger partial charge on any atom is -0.400 e. The molecule has 11 heteroatoms. The first-order chi connectivity index (χ1) is 13.8. The first-order valence-electron chi connectivity index (χ1n) is 8.51. The average Bonchev–Trinajstić information content (AvgIpc) is 3.25. The van der Waals surface area contributed by atoms with Crippen LogP contribution in [-0.4, -0.2) is 33.4 Å². The number of aryl methyl sites for hydroxylation is 2. The van der Waals surface area contributed by atoms with Gasteiger partial charge in [0.25, 0.3) is 0 Å². The number of carbonyl (C=O) groups excluding carboxylic acids is 2. The summed E-state index contributed by atoms with van der Waals surface area (Å²) in [5, 5.41) is 23.1. The summed E-state index contributed by atoms with van der Waals surface area (Å²) in [6, 6.07) is 8.26. The van der Waals surface area contributed by atoms with Crippen LogP contribution >= 0.6 is 11.8 Å². The Morgan fingerprint density at radius 1 is 1.38 bits per heavy atom. The highest BCUT2D eigenvalue weighted by Crippen LogP contribution is 2.24. The number of thioether (sulfide) groups is 1. The van der Waals surface area contributed by atoms with Gasteiger partial charge in [-0.25, -0.2) is 0 Å². The summed E-state index contributed by atoms with van der Waals surface area (Å²) < 4.78 is 4.91. The van der Waals surface area contributed by atoms with Crippen molar-refractivity contribution < 1.29 is 18.9 Å². The van der Waals surface area contributed by atoms with Gasteiger partial charge >= 0.3 is 5.88 Å². The lowest BCUT2D eigenvalue weighted by atomic mass is 10.1. The summed E-state index contributed by atoms with van der Waals surface area (Å²) in [5.41, 5.74) is 2.74. The van der Waals surface area contributed by atoms with Gasteiger partial charge in [0.2, 0.25) is 11.8 Å². The SMILES string of the molecule is Cc1ccc(NC(=O)CC2S/C(=N/N=C\c3ccc([N+](=O)[O-])o3)NC2=O)c(C)c1. The average molecular weight is 415 g/mol. The molecule has 0 spiro atoms. The van der Waals surface area contributed by atoms with Crippen molar-refractivity contribution in [2.24, 2.45) is 10.2 Å². The Labute approximate surface area is 169 Å². The Morgan fingerprint density at radius 2 is 2.17 bits per heavy atom. The highest BCUT2D eigenvalue weighted by Gasteiger charge is 2.32. The smallest absolute Gasteiger partial charge is 0.400 e. The molecule has 1 saturated heterocycles. The van der Waals surface area contributed by atoms with E-state index >= 15 is 0 Å². The normalized spacial score (nSPS) is 17.7. The maximum absolute atomic E-state index is 12.3. The second-order valence-electron chi connectivity index (χ2n) is 6.25. The number of benzene rings is 1. The van der Waals surface area contributed by atoms with Gasteiger partial charge in [-0.1, -0.05) is 29.5 Å². The number of anilines is 1. The van der Waals surface area contributed by atoms with Crippen LogP contribution in [0.25, 0.3) is 0 Å². The summed E-state index contributed by atoms with van der Waals surface area (Å²) in [4.78, 5) is 34.2. The van der Waals surface area contributed by atoms with Crippen molar-refractivity contribution >= 4 is 46.5 Å². The van der Waals surface area contributed by atoms with Gasteiger partial charge in [-0.15, -0.1) is 5.10 Å². The fourth-order valence-electron chi connectivity index (χ4n) is 2.56. The van der Waals surface area contributed by atoms with E-state index in [1.165, 1.54) is 18.3 Å². The van der Waals surface area contributed by atoms with E-state index in [2.05, 4.69) is 20.8 Å².